The predicted molar refractivity (Wildman–Crippen MR) is 136 cm³/mol. The van der Waals surface area contributed by atoms with Crippen LogP contribution in [-0.4, -0.2) is 49.8 Å². The minimum absolute atomic E-state index is 0.00309. The molecule has 0 saturated carbocycles. The first-order valence-corrected chi connectivity index (χ1v) is 12.5. The lowest BCUT2D eigenvalue weighted by molar-refractivity contribution is 0.0650. The van der Waals surface area contributed by atoms with E-state index >= 15 is 0 Å². The van der Waals surface area contributed by atoms with E-state index in [9.17, 15) is 14.7 Å². The highest BCUT2D eigenvalue weighted by Crippen LogP contribution is 2.28. The largest absolute Gasteiger partial charge is 0.436 e. The van der Waals surface area contributed by atoms with Crippen molar-refractivity contribution in [3.8, 4) is 0 Å². The van der Waals surface area contributed by atoms with E-state index in [1.54, 1.807) is 30.3 Å². The van der Waals surface area contributed by atoms with Crippen molar-refractivity contribution in [2.75, 3.05) is 7.05 Å². The zero-order valence-corrected chi connectivity index (χ0v) is 21.6. The Balaban J connectivity index is 1.38. The van der Waals surface area contributed by atoms with Crippen molar-refractivity contribution < 1.29 is 14.3 Å². The van der Waals surface area contributed by atoms with Gasteiger partial charge in [0, 0.05) is 43.5 Å². The van der Waals surface area contributed by atoms with Gasteiger partial charge in [-0.3, -0.25) is 4.79 Å². The van der Waals surface area contributed by atoms with E-state index in [1.165, 1.54) is 7.05 Å². The molecule has 3 heterocycles. The summed E-state index contributed by atoms with van der Waals surface area (Å²) in [5.41, 5.74) is 2.40. The van der Waals surface area contributed by atoms with Crippen LogP contribution in [0.4, 0.5) is 0 Å². The van der Waals surface area contributed by atoms with Gasteiger partial charge in [-0.15, -0.1) is 5.10 Å². The molecule has 1 fully saturated rings. The Morgan fingerprint density at radius 1 is 1.25 bits per heavy atom. The summed E-state index contributed by atoms with van der Waals surface area (Å²) in [6.45, 7) is 3.91. The number of hydrogen-bond acceptors (Lipinski definition) is 7. The summed E-state index contributed by atoms with van der Waals surface area (Å²) < 4.78 is 6.40. The molecule has 1 amide bonds. The molecule has 0 radical (unpaired) electrons. The van der Waals surface area contributed by atoms with Crippen LogP contribution in [-0.2, 0) is 13.5 Å². The molecule has 10 heteroatoms. The van der Waals surface area contributed by atoms with Gasteiger partial charge in [0.05, 0.1) is 6.10 Å². The minimum Gasteiger partial charge on any atom is -0.390 e. The van der Waals surface area contributed by atoms with Crippen molar-refractivity contribution in [2.45, 2.75) is 57.3 Å². The maximum absolute atomic E-state index is 13.2. The molecule has 0 bridgehead atoms. The number of nitrogens with zero attached hydrogens (tertiary/aromatic N) is 4. The fourth-order valence-electron chi connectivity index (χ4n) is 4.83. The molecule has 1 aliphatic heterocycles. The molecule has 1 saturated heterocycles. The number of hydrogen-bond donors (Lipinski definition) is 2. The van der Waals surface area contributed by atoms with Gasteiger partial charge in [0.2, 0.25) is 5.89 Å². The lowest BCUT2D eigenvalue weighted by atomic mass is 10.00. The fourth-order valence-corrected chi connectivity index (χ4v) is 4.95. The Kier molecular flexibility index (Phi) is 7.92. The zero-order valence-electron chi connectivity index (χ0n) is 20.9. The second-order valence-corrected chi connectivity index (χ2v) is 10.1. The maximum Gasteiger partial charge on any atom is 0.436 e. The number of halogens is 1. The first-order valence-electron chi connectivity index (χ1n) is 12.1. The van der Waals surface area contributed by atoms with Crippen LogP contribution >= 0.6 is 11.6 Å². The van der Waals surface area contributed by atoms with Gasteiger partial charge in [0.25, 0.3) is 5.91 Å². The van der Waals surface area contributed by atoms with E-state index in [0.29, 0.717) is 10.7 Å². The van der Waals surface area contributed by atoms with Crippen LogP contribution in [0.25, 0.3) is 0 Å². The Labute approximate surface area is 215 Å². The Hall–Kier alpha value is -3.01. The highest BCUT2D eigenvalue weighted by atomic mass is 35.5. The van der Waals surface area contributed by atoms with Crippen molar-refractivity contribution in [3.05, 3.63) is 80.9 Å². The molecular formula is C26H32ClN5O4. The van der Waals surface area contributed by atoms with Crippen molar-refractivity contribution >= 4 is 17.5 Å². The summed E-state index contributed by atoms with van der Waals surface area (Å²) in [6, 6.07) is 10.8. The van der Waals surface area contributed by atoms with Gasteiger partial charge in [0.1, 0.15) is 11.2 Å². The summed E-state index contributed by atoms with van der Waals surface area (Å²) in [5, 5.41) is 18.8. The van der Waals surface area contributed by atoms with Gasteiger partial charge in [-0.05, 0) is 48.9 Å². The Bertz CT molecular complexity index is 1240. The van der Waals surface area contributed by atoms with Crippen molar-refractivity contribution in [1.29, 1.82) is 0 Å². The maximum atomic E-state index is 13.2. The molecule has 4 atom stereocenters. The monoisotopic (exact) mass is 513 g/mol. The SMILES string of the molecule is CC(C)[C@H](c1nn(C)c(=O)o1)N(C)C(=O)c1ccc(C[C@@H]2CC[C@H]([C@H](O)c3ccc(Cl)nc3)N2)cc1. The first kappa shape index (κ1) is 26.1. The third-order valence-electron chi connectivity index (χ3n) is 6.76. The number of pyridine rings is 1. The van der Waals surface area contributed by atoms with E-state index in [0.717, 1.165) is 35.1 Å². The molecule has 192 valence electrons. The quantitative estimate of drug-likeness (QED) is 0.444. The molecular weight excluding hydrogens is 482 g/mol. The van der Waals surface area contributed by atoms with Gasteiger partial charge >= 0.3 is 5.76 Å². The van der Waals surface area contributed by atoms with Crippen LogP contribution < -0.4 is 11.1 Å². The normalized spacial score (nSPS) is 19.4. The molecule has 0 unspecified atom stereocenters. The van der Waals surface area contributed by atoms with E-state index in [4.69, 9.17) is 16.0 Å². The molecule has 2 N–H and O–H groups in total. The van der Waals surface area contributed by atoms with Crippen LogP contribution in [0.15, 0.2) is 51.8 Å². The molecule has 3 aromatic rings. The third-order valence-corrected chi connectivity index (χ3v) is 6.98. The standard InChI is InChI=1S/C26H32ClN5O4/c1-15(2)22(24-30-32(4)26(35)36-24)31(3)25(34)17-7-5-16(6-8-17)13-19-10-11-20(29-19)23(33)18-9-12-21(27)28-14-18/h5-9,12,14-15,19-20,22-23,29,33H,10-11,13H2,1-4H3/t19-,20+,22+,23+/m0/s1. The van der Waals surface area contributed by atoms with E-state index in [2.05, 4.69) is 15.4 Å². The number of aliphatic hydroxyl groups excluding tert-OH is 1. The summed E-state index contributed by atoms with van der Waals surface area (Å²) >= 11 is 5.85. The Morgan fingerprint density at radius 2 is 1.97 bits per heavy atom. The van der Waals surface area contributed by atoms with Gasteiger partial charge in [-0.2, -0.15) is 4.68 Å². The number of carbonyl (C=O) groups is 1. The molecule has 9 nitrogen and oxygen atoms in total. The van der Waals surface area contributed by atoms with Crippen molar-refractivity contribution in [2.24, 2.45) is 13.0 Å². The molecule has 2 aromatic heterocycles. The number of rotatable bonds is 8. The molecule has 4 rings (SSSR count). The molecule has 0 aliphatic carbocycles. The number of aryl methyl sites for hydroxylation is 1. The third kappa shape index (κ3) is 5.69. The lowest BCUT2D eigenvalue weighted by Gasteiger charge is -2.28. The van der Waals surface area contributed by atoms with E-state index in [1.807, 2.05) is 38.1 Å². The Morgan fingerprint density at radius 3 is 2.56 bits per heavy atom. The summed E-state index contributed by atoms with van der Waals surface area (Å²) in [7, 11) is 3.21. The molecule has 36 heavy (non-hydrogen) atoms. The van der Waals surface area contributed by atoms with Gasteiger partial charge in [-0.1, -0.05) is 43.6 Å². The molecule has 1 aromatic carbocycles. The summed E-state index contributed by atoms with van der Waals surface area (Å²) in [6.07, 6.45) is 3.56. The minimum atomic E-state index is -0.646. The van der Waals surface area contributed by atoms with E-state index in [-0.39, 0.29) is 29.8 Å². The van der Waals surface area contributed by atoms with Gasteiger partial charge in [0.15, 0.2) is 0 Å². The van der Waals surface area contributed by atoms with Crippen molar-refractivity contribution in [1.82, 2.24) is 25.0 Å². The highest BCUT2D eigenvalue weighted by molar-refractivity contribution is 6.29. The average Bonchev–Trinajstić information content (AvgIpc) is 3.45. The number of benzene rings is 1. The number of aromatic nitrogens is 3. The number of aliphatic hydroxyl groups is 1. The summed E-state index contributed by atoms with van der Waals surface area (Å²) in [4.78, 5) is 30.6. The zero-order chi connectivity index (χ0) is 26.0. The van der Waals surface area contributed by atoms with Gasteiger partial charge in [-0.25, -0.2) is 9.78 Å². The van der Waals surface area contributed by atoms with Crippen LogP contribution in [0.1, 0.15) is 66.2 Å². The van der Waals surface area contributed by atoms with Crippen molar-refractivity contribution in [3.63, 3.8) is 0 Å². The molecule has 0 spiro atoms. The van der Waals surface area contributed by atoms with Crippen LogP contribution in [0.2, 0.25) is 5.15 Å². The van der Waals surface area contributed by atoms with Crippen LogP contribution in [0.3, 0.4) is 0 Å². The number of amides is 1. The van der Waals surface area contributed by atoms with Crippen LogP contribution in [0.5, 0.6) is 0 Å². The molecule has 1 aliphatic rings. The lowest BCUT2D eigenvalue weighted by Crippen LogP contribution is -2.35. The highest BCUT2D eigenvalue weighted by Gasteiger charge is 2.32. The topological polar surface area (TPSA) is 113 Å². The number of nitrogens with one attached hydrogen (secondary N) is 1. The van der Waals surface area contributed by atoms with Crippen LogP contribution in [0, 0.1) is 5.92 Å². The fraction of sp³-hybridized carbons (Fsp3) is 0.462. The first-order chi connectivity index (χ1) is 17.1. The predicted octanol–water partition coefficient (Wildman–Crippen LogP) is 3.29. The second-order valence-electron chi connectivity index (χ2n) is 9.74. The summed E-state index contributed by atoms with van der Waals surface area (Å²) in [5.74, 6) is -0.506. The smallest absolute Gasteiger partial charge is 0.390 e. The van der Waals surface area contributed by atoms with E-state index < -0.39 is 17.9 Å². The average molecular weight is 514 g/mol. The second kappa shape index (κ2) is 10.9. The van der Waals surface area contributed by atoms with Gasteiger partial charge < -0.3 is 19.7 Å². The number of carbonyl (C=O) groups excluding carboxylic acids is 1.